The van der Waals surface area contributed by atoms with Crippen molar-refractivity contribution < 1.29 is 34.1 Å². The Morgan fingerprint density at radius 2 is 1.93 bits per heavy atom. The summed E-state index contributed by atoms with van der Waals surface area (Å²) in [6, 6.07) is 3.84. The lowest BCUT2D eigenvalue weighted by atomic mass is 10.0. The van der Waals surface area contributed by atoms with Gasteiger partial charge in [-0.05, 0) is 38.5 Å². The first kappa shape index (κ1) is 20.2. The number of carboxylic acids is 2. The molecule has 1 aliphatic rings. The van der Waals surface area contributed by atoms with Crippen molar-refractivity contribution in [1.29, 1.82) is 0 Å². The van der Waals surface area contributed by atoms with E-state index in [1.807, 2.05) is 13.0 Å². The predicted octanol–water partition coefficient (Wildman–Crippen LogP) is 0.933. The number of hydrogen-bond donors (Lipinski definition) is 3. The topological polar surface area (TPSA) is 133 Å². The van der Waals surface area contributed by atoms with Crippen molar-refractivity contribution in [3.63, 3.8) is 0 Å². The van der Waals surface area contributed by atoms with Crippen LogP contribution in [-0.4, -0.2) is 52.2 Å². The van der Waals surface area contributed by atoms with Gasteiger partial charge >= 0.3 is 11.9 Å². The highest BCUT2D eigenvalue weighted by atomic mass is 16.5. The number of carbonyl (C=O) groups excluding carboxylic acids is 2. The van der Waals surface area contributed by atoms with E-state index in [0.717, 1.165) is 5.56 Å². The van der Waals surface area contributed by atoms with Gasteiger partial charge in [0.2, 0.25) is 5.91 Å². The molecule has 1 aliphatic heterocycles. The average molecular weight is 378 g/mol. The number of fused-ring (bicyclic) bond motifs is 1. The van der Waals surface area contributed by atoms with Gasteiger partial charge in [-0.15, -0.1) is 0 Å². The molecule has 2 rings (SSSR count). The van der Waals surface area contributed by atoms with Crippen molar-refractivity contribution >= 4 is 29.4 Å². The number of carboxylic acid groups (broad SMARTS) is 2. The maximum Gasteiger partial charge on any atom is 0.326 e. The van der Waals surface area contributed by atoms with Gasteiger partial charge < -0.3 is 25.2 Å². The number of carbonyl (C=O) groups is 4. The second-order valence-corrected chi connectivity index (χ2v) is 6.85. The van der Waals surface area contributed by atoms with E-state index in [4.69, 9.17) is 14.9 Å². The van der Waals surface area contributed by atoms with Crippen molar-refractivity contribution in [3.05, 3.63) is 23.8 Å². The molecule has 0 spiro atoms. The molecular weight excluding hydrogens is 356 g/mol. The monoisotopic (exact) mass is 378 g/mol. The van der Waals surface area contributed by atoms with Crippen LogP contribution in [0.2, 0.25) is 0 Å². The molecule has 0 aromatic heterocycles. The summed E-state index contributed by atoms with van der Waals surface area (Å²) in [7, 11) is 0. The molecule has 27 heavy (non-hydrogen) atoms. The summed E-state index contributed by atoms with van der Waals surface area (Å²) < 4.78 is 5.73. The Hall–Kier alpha value is -3.10. The van der Waals surface area contributed by atoms with Gasteiger partial charge in [0.15, 0.2) is 5.60 Å². The number of aryl methyl sites for hydroxylation is 1. The lowest BCUT2D eigenvalue weighted by Gasteiger charge is -2.39. The first-order valence-corrected chi connectivity index (χ1v) is 8.37. The van der Waals surface area contributed by atoms with Crippen LogP contribution in [0.3, 0.4) is 0 Å². The highest BCUT2D eigenvalue weighted by Gasteiger charge is 2.41. The number of hydrogen-bond acceptors (Lipinski definition) is 5. The van der Waals surface area contributed by atoms with E-state index >= 15 is 0 Å². The van der Waals surface area contributed by atoms with Crippen LogP contribution >= 0.6 is 0 Å². The normalized spacial score (nSPS) is 16.1. The Kier molecular flexibility index (Phi) is 5.72. The fraction of sp³-hybridized carbons (Fsp3) is 0.444. The minimum atomic E-state index is -1.53. The van der Waals surface area contributed by atoms with Crippen LogP contribution in [0.15, 0.2) is 18.2 Å². The zero-order chi connectivity index (χ0) is 20.4. The van der Waals surface area contributed by atoms with Gasteiger partial charge in [0.25, 0.3) is 5.91 Å². The molecule has 1 unspecified atom stereocenters. The van der Waals surface area contributed by atoms with Crippen LogP contribution in [0, 0.1) is 6.92 Å². The summed E-state index contributed by atoms with van der Waals surface area (Å²) in [5, 5.41) is 19.9. The molecule has 2 amide bonds. The van der Waals surface area contributed by atoms with E-state index < -0.39 is 35.9 Å². The average Bonchev–Trinajstić information content (AvgIpc) is 2.54. The quantitative estimate of drug-likeness (QED) is 0.643. The van der Waals surface area contributed by atoms with E-state index in [-0.39, 0.29) is 18.9 Å². The first-order valence-electron chi connectivity index (χ1n) is 8.37. The fourth-order valence-corrected chi connectivity index (χ4v) is 2.75. The van der Waals surface area contributed by atoms with Crippen LogP contribution in [0.25, 0.3) is 0 Å². The lowest BCUT2D eigenvalue weighted by Crippen LogP contribution is -2.53. The minimum absolute atomic E-state index is 0.00726. The molecule has 0 fully saturated rings. The Morgan fingerprint density at radius 1 is 1.26 bits per heavy atom. The standard InChI is InChI=1S/C18H22N2O7/c1-10-4-5-13-12(8-10)20(17(26)18(2,3)27-13)7-6-14(21)19-11(16(24)25)9-15(22)23/h4-5,8,11H,6-7,9H2,1-3H3,(H,19,21)(H,22,23)(H,24,25). The van der Waals surface area contributed by atoms with Crippen molar-refractivity contribution in [2.24, 2.45) is 0 Å². The zero-order valence-electron chi connectivity index (χ0n) is 15.3. The predicted molar refractivity (Wildman–Crippen MR) is 94.7 cm³/mol. The fourth-order valence-electron chi connectivity index (χ4n) is 2.75. The maximum atomic E-state index is 12.7. The third kappa shape index (κ3) is 4.75. The molecule has 1 aromatic rings. The zero-order valence-corrected chi connectivity index (χ0v) is 15.3. The summed E-state index contributed by atoms with van der Waals surface area (Å²) in [5.74, 6) is -3.24. The van der Waals surface area contributed by atoms with Crippen LogP contribution < -0.4 is 15.0 Å². The van der Waals surface area contributed by atoms with E-state index in [1.54, 1.807) is 26.0 Å². The van der Waals surface area contributed by atoms with E-state index in [9.17, 15) is 19.2 Å². The number of aliphatic carboxylic acids is 2. The molecular formula is C18H22N2O7. The van der Waals surface area contributed by atoms with E-state index in [0.29, 0.717) is 11.4 Å². The second kappa shape index (κ2) is 7.65. The molecule has 0 aliphatic carbocycles. The molecule has 3 N–H and O–H groups in total. The molecule has 0 saturated heterocycles. The summed E-state index contributed by atoms with van der Waals surface area (Å²) in [6.07, 6.45) is -0.911. The van der Waals surface area contributed by atoms with Gasteiger partial charge in [0, 0.05) is 13.0 Å². The van der Waals surface area contributed by atoms with Gasteiger partial charge in [-0.3, -0.25) is 14.4 Å². The number of ether oxygens (including phenoxy) is 1. The van der Waals surface area contributed by atoms with Crippen LogP contribution in [0.4, 0.5) is 5.69 Å². The van der Waals surface area contributed by atoms with Crippen molar-refractivity contribution in [3.8, 4) is 5.75 Å². The van der Waals surface area contributed by atoms with Crippen molar-refractivity contribution in [2.75, 3.05) is 11.4 Å². The smallest absolute Gasteiger partial charge is 0.326 e. The Labute approximate surface area is 155 Å². The molecule has 146 valence electrons. The molecule has 1 atom stereocenters. The molecule has 0 bridgehead atoms. The molecule has 0 radical (unpaired) electrons. The lowest BCUT2D eigenvalue weighted by molar-refractivity contribution is -0.147. The number of nitrogens with zero attached hydrogens (tertiary/aromatic N) is 1. The van der Waals surface area contributed by atoms with Gasteiger partial charge in [-0.2, -0.15) is 0 Å². The maximum absolute atomic E-state index is 12.7. The van der Waals surface area contributed by atoms with Gasteiger partial charge in [-0.25, -0.2) is 4.79 Å². The Bertz CT molecular complexity index is 788. The molecule has 1 aromatic carbocycles. The minimum Gasteiger partial charge on any atom is -0.481 e. The van der Waals surface area contributed by atoms with Crippen LogP contribution in [0.1, 0.15) is 32.3 Å². The largest absolute Gasteiger partial charge is 0.481 e. The number of anilines is 1. The Morgan fingerprint density at radius 3 is 2.52 bits per heavy atom. The molecule has 1 heterocycles. The molecule has 9 heteroatoms. The summed E-state index contributed by atoms with van der Waals surface area (Å²) in [5.41, 5.74) is 0.338. The number of rotatable bonds is 7. The summed E-state index contributed by atoms with van der Waals surface area (Å²) in [4.78, 5) is 48.0. The van der Waals surface area contributed by atoms with Gasteiger partial charge in [-0.1, -0.05) is 6.07 Å². The number of nitrogens with one attached hydrogen (secondary N) is 1. The second-order valence-electron chi connectivity index (χ2n) is 6.85. The number of benzene rings is 1. The van der Waals surface area contributed by atoms with E-state index in [2.05, 4.69) is 5.32 Å². The third-order valence-corrected chi connectivity index (χ3v) is 4.11. The summed E-state index contributed by atoms with van der Waals surface area (Å²) >= 11 is 0. The first-order chi connectivity index (χ1) is 12.5. The highest BCUT2D eigenvalue weighted by Crippen LogP contribution is 2.38. The Balaban J connectivity index is 2.13. The molecule has 0 saturated carbocycles. The van der Waals surface area contributed by atoms with E-state index in [1.165, 1.54) is 4.90 Å². The van der Waals surface area contributed by atoms with Crippen molar-refractivity contribution in [1.82, 2.24) is 5.32 Å². The van der Waals surface area contributed by atoms with Gasteiger partial charge in [0.1, 0.15) is 11.8 Å². The summed E-state index contributed by atoms with van der Waals surface area (Å²) in [6.45, 7) is 5.11. The number of amides is 2. The molecule has 9 nitrogen and oxygen atoms in total. The third-order valence-electron chi connectivity index (χ3n) is 4.11. The van der Waals surface area contributed by atoms with Gasteiger partial charge in [0.05, 0.1) is 12.1 Å². The van der Waals surface area contributed by atoms with Crippen LogP contribution in [0.5, 0.6) is 5.75 Å². The highest BCUT2D eigenvalue weighted by molar-refractivity contribution is 6.02. The van der Waals surface area contributed by atoms with Crippen molar-refractivity contribution in [2.45, 2.75) is 45.3 Å². The van der Waals surface area contributed by atoms with Crippen LogP contribution in [-0.2, 0) is 19.2 Å². The SMILES string of the molecule is Cc1ccc2c(c1)N(CCC(=O)NC(CC(=O)O)C(=O)O)C(=O)C(C)(C)O2.